The Kier molecular flexibility index (Phi) is 5.42. The van der Waals surface area contributed by atoms with Crippen molar-refractivity contribution in [1.29, 1.82) is 0 Å². The number of carbonyl (C=O) groups excluding carboxylic acids is 1. The molecule has 2 aromatic carbocycles. The van der Waals surface area contributed by atoms with Crippen LogP contribution < -0.4 is 5.56 Å². The lowest BCUT2D eigenvalue weighted by Crippen LogP contribution is -2.18. The topological polar surface area (TPSA) is 72.0 Å². The van der Waals surface area contributed by atoms with Crippen LogP contribution in [0.25, 0.3) is 10.9 Å². The monoisotopic (exact) mass is 368 g/mol. The molecule has 5 nitrogen and oxygen atoms in total. The van der Waals surface area contributed by atoms with E-state index in [1.54, 1.807) is 25.1 Å². The molecule has 0 spiro atoms. The normalized spacial score (nSPS) is 12.1. The molecule has 1 N–H and O–H groups in total. The minimum absolute atomic E-state index is 0.200. The van der Waals surface area contributed by atoms with Gasteiger partial charge in [-0.05, 0) is 44.5 Å². The van der Waals surface area contributed by atoms with Crippen LogP contribution in [-0.2, 0) is 9.53 Å². The minimum Gasteiger partial charge on any atom is -0.454 e. The first kappa shape index (κ1) is 18.2. The molecule has 6 heteroatoms. The SMILES string of the molecule is Cc1ccc(SCC(=O)O[C@@H](C)c2nc3ccccc3c(=O)[nH]2)c(C)c1. The van der Waals surface area contributed by atoms with Gasteiger partial charge in [-0.1, -0.05) is 29.8 Å². The summed E-state index contributed by atoms with van der Waals surface area (Å²) < 4.78 is 5.43. The van der Waals surface area contributed by atoms with Gasteiger partial charge >= 0.3 is 5.97 Å². The first-order chi connectivity index (χ1) is 12.4. The summed E-state index contributed by atoms with van der Waals surface area (Å²) >= 11 is 1.44. The smallest absolute Gasteiger partial charge is 0.316 e. The summed E-state index contributed by atoms with van der Waals surface area (Å²) in [5.41, 5.74) is 2.67. The van der Waals surface area contributed by atoms with Crippen molar-refractivity contribution in [1.82, 2.24) is 9.97 Å². The number of nitrogens with one attached hydrogen (secondary N) is 1. The second kappa shape index (κ2) is 7.74. The Balaban J connectivity index is 1.66. The molecule has 0 aliphatic heterocycles. The first-order valence-electron chi connectivity index (χ1n) is 8.32. The number of ether oxygens (including phenoxy) is 1. The molecule has 26 heavy (non-hydrogen) atoms. The van der Waals surface area contributed by atoms with E-state index < -0.39 is 6.10 Å². The van der Waals surface area contributed by atoms with Crippen LogP contribution in [0, 0.1) is 13.8 Å². The summed E-state index contributed by atoms with van der Waals surface area (Å²) in [4.78, 5) is 32.4. The number of carbonyl (C=O) groups is 1. The highest BCUT2D eigenvalue weighted by Gasteiger charge is 2.16. The number of hydrogen-bond acceptors (Lipinski definition) is 5. The molecular formula is C20H20N2O3S. The number of nitrogens with zero attached hydrogens (tertiary/aromatic N) is 1. The summed E-state index contributed by atoms with van der Waals surface area (Å²) in [7, 11) is 0. The summed E-state index contributed by atoms with van der Waals surface area (Å²) in [5.74, 6) is 0.198. The molecular weight excluding hydrogens is 348 g/mol. The molecule has 3 aromatic rings. The third-order valence-corrected chi connectivity index (χ3v) is 5.15. The van der Waals surface area contributed by atoms with Crippen molar-refractivity contribution in [3.63, 3.8) is 0 Å². The highest BCUT2D eigenvalue weighted by atomic mass is 32.2. The fourth-order valence-corrected chi connectivity index (χ4v) is 3.47. The average molecular weight is 368 g/mol. The van der Waals surface area contributed by atoms with Crippen molar-refractivity contribution in [2.24, 2.45) is 0 Å². The van der Waals surface area contributed by atoms with Crippen LogP contribution in [0.3, 0.4) is 0 Å². The Labute approximate surface area is 155 Å². The second-order valence-electron chi connectivity index (χ2n) is 6.16. The summed E-state index contributed by atoms with van der Waals surface area (Å²) in [5, 5.41) is 0.514. The summed E-state index contributed by atoms with van der Waals surface area (Å²) in [6.07, 6.45) is -0.625. The number of rotatable bonds is 5. The van der Waals surface area contributed by atoms with Crippen molar-refractivity contribution in [3.05, 3.63) is 69.8 Å². The van der Waals surface area contributed by atoms with Gasteiger partial charge in [-0.15, -0.1) is 11.8 Å². The Bertz CT molecular complexity index is 1010. The Morgan fingerprint density at radius 1 is 1.23 bits per heavy atom. The van der Waals surface area contributed by atoms with E-state index in [0.717, 1.165) is 10.5 Å². The molecule has 0 saturated carbocycles. The molecule has 0 radical (unpaired) electrons. The molecule has 0 saturated heterocycles. The zero-order valence-corrected chi connectivity index (χ0v) is 15.7. The third-order valence-electron chi connectivity index (χ3n) is 4.00. The van der Waals surface area contributed by atoms with Crippen LogP contribution in [0.4, 0.5) is 0 Å². The second-order valence-corrected chi connectivity index (χ2v) is 7.18. The van der Waals surface area contributed by atoms with Crippen molar-refractivity contribution in [3.8, 4) is 0 Å². The van der Waals surface area contributed by atoms with E-state index in [-0.39, 0.29) is 17.3 Å². The maximum atomic E-state index is 12.2. The molecule has 0 amide bonds. The molecule has 0 bridgehead atoms. The summed E-state index contributed by atoms with van der Waals surface area (Å²) in [6.45, 7) is 5.76. The molecule has 1 heterocycles. The van der Waals surface area contributed by atoms with Crippen molar-refractivity contribution < 1.29 is 9.53 Å². The maximum Gasteiger partial charge on any atom is 0.316 e. The number of esters is 1. The number of aromatic amines is 1. The predicted molar refractivity (Wildman–Crippen MR) is 104 cm³/mol. The number of aromatic nitrogens is 2. The van der Waals surface area contributed by atoms with Crippen LogP contribution in [0.15, 0.2) is 52.2 Å². The molecule has 1 aromatic heterocycles. The number of thioether (sulfide) groups is 1. The quantitative estimate of drug-likeness (QED) is 0.546. The zero-order chi connectivity index (χ0) is 18.7. The number of hydrogen-bond donors (Lipinski definition) is 1. The van der Waals surface area contributed by atoms with Gasteiger partial charge in [0.15, 0.2) is 11.9 Å². The lowest BCUT2D eigenvalue weighted by Gasteiger charge is -2.13. The molecule has 0 unspecified atom stereocenters. The number of benzene rings is 2. The van der Waals surface area contributed by atoms with Crippen molar-refractivity contribution in [2.75, 3.05) is 5.75 Å². The van der Waals surface area contributed by atoms with Crippen LogP contribution in [0.1, 0.15) is 30.0 Å². The van der Waals surface area contributed by atoms with Gasteiger partial charge < -0.3 is 9.72 Å². The maximum absolute atomic E-state index is 12.2. The number of fused-ring (bicyclic) bond motifs is 1. The Morgan fingerprint density at radius 3 is 2.77 bits per heavy atom. The van der Waals surface area contributed by atoms with Gasteiger partial charge in [-0.25, -0.2) is 4.98 Å². The fourth-order valence-electron chi connectivity index (χ4n) is 2.68. The van der Waals surface area contributed by atoms with Crippen LogP contribution in [0.2, 0.25) is 0 Å². The standard InChI is InChI=1S/C20H20N2O3S/c1-12-8-9-17(13(2)10-12)26-11-18(23)25-14(3)19-21-16-7-5-4-6-15(16)20(24)22-19/h4-10,14H,11H2,1-3H3,(H,21,22,24)/t14-/m0/s1. The first-order valence-corrected chi connectivity index (χ1v) is 9.31. The van der Waals surface area contributed by atoms with E-state index in [4.69, 9.17) is 4.74 Å². The molecule has 134 valence electrons. The van der Waals surface area contributed by atoms with E-state index in [0.29, 0.717) is 16.7 Å². The Morgan fingerprint density at radius 2 is 2.00 bits per heavy atom. The van der Waals surface area contributed by atoms with Crippen LogP contribution in [-0.4, -0.2) is 21.7 Å². The van der Waals surface area contributed by atoms with Crippen molar-refractivity contribution in [2.45, 2.75) is 31.8 Å². The van der Waals surface area contributed by atoms with Gasteiger partial charge in [0.2, 0.25) is 0 Å². The lowest BCUT2D eigenvalue weighted by atomic mass is 10.2. The van der Waals surface area contributed by atoms with E-state index in [2.05, 4.69) is 16.0 Å². The van der Waals surface area contributed by atoms with E-state index in [9.17, 15) is 9.59 Å². The molecule has 0 aliphatic carbocycles. The van der Waals surface area contributed by atoms with Gasteiger partial charge in [0, 0.05) is 4.90 Å². The van der Waals surface area contributed by atoms with Crippen LogP contribution >= 0.6 is 11.8 Å². The molecule has 0 aliphatic rings. The molecule has 1 atom stereocenters. The average Bonchev–Trinajstić information content (AvgIpc) is 2.61. The van der Waals surface area contributed by atoms with Gasteiger partial charge in [-0.3, -0.25) is 9.59 Å². The van der Waals surface area contributed by atoms with Gasteiger partial charge in [0.05, 0.1) is 16.7 Å². The lowest BCUT2D eigenvalue weighted by molar-refractivity contribution is -0.145. The summed E-state index contributed by atoms with van der Waals surface area (Å²) in [6, 6.07) is 13.2. The Hall–Kier alpha value is -2.60. The minimum atomic E-state index is -0.625. The fraction of sp³-hybridized carbons (Fsp3) is 0.250. The van der Waals surface area contributed by atoms with Crippen LogP contribution in [0.5, 0.6) is 0 Å². The van der Waals surface area contributed by atoms with E-state index >= 15 is 0 Å². The third kappa shape index (κ3) is 4.14. The van der Waals surface area contributed by atoms with E-state index in [1.165, 1.54) is 17.3 Å². The number of aryl methyl sites for hydroxylation is 2. The number of H-pyrrole nitrogens is 1. The van der Waals surface area contributed by atoms with Crippen molar-refractivity contribution >= 4 is 28.6 Å². The van der Waals surface area contributed by atoms with Gasteiger partial charge in [0.25, 0.3) is 5.56 Å². The van der Waals surface area contributed by atoms with E-state index in [1.807, 2.05) is 32.0 Å². The van der Waals surface area contributed by atoms with Gasteiger partial charge in [-0.2, -0.15) is 0 Å². The highest BCUT2D eigenvalue weighted by Crippen LogP contribution is 2.24. The predicted octanol–water partition coefficient (Wildman–Crippen LogP) is 3.94. The highest BCUT2D eigenvalue weighted by molar-refractivity contribution is 8.00. The van der Waals surface area contributed by atoms with Gasteiger partial charge in [0.1, 0.15) is 0 Å². The largest absolute Gasteiger partial charge is 0.454 e. The molecule has 0 fully saturated rings. The molecule has 3 rings (SSSR count). The zero-order valence-electron chi connectivity index (χ0n) is 14.9. The number of para-hydroxylation sites is 1.